The van der Waals surface area contributed by atoms with Crippen LogP contribution in [0.3, 0.4) is 0 Å². The van der Waals surface area contributed by atoms with E-state index >= 15 is 0 Å². The number of hydrogen-bond acceptors (Lipinski definition) is 5. The minimum atomic E-state index is -1.30. The number of amides is 4. The van der Waals surface area contributed by atoms with Gasteiger partial charge in [-0.1, -0.05) is 73.9 Å². The fourth-order valence-electron chi connectivity index (χ4n) is 4.34. The van der Waals surface area contributed by atoms with Gasteiger partial charge < -0.3 is 26.0 Å². The molecule has 9 heteroatoms. The van der Waals surface area contributed by atoms with E-state index in [0.29, 0.717) is 12.0 Å². The number of unbranched alkanes of at least 4 members (excludes halogenated alkanes) is 2. The van der Waals surface area contributed by atoms with Crippen molar-refractivity contribution >= 4 is 23.8 Å². The van der Waals surface area contributed by atoms with Gasteiger partial charge in [-0.3, -0.25) is 14.4 Å². The summed E-state index contributed by atoms with van der Waals surface area (Å²) in [5.41, 5.74) is 8.02. The zero-order chi connectivity index (χ0) is 29.9. The van der Waals surface area contributed by atoms with Crippen LogP contribution in [-0.2, 0) is 25.7 Å². The Morgan fingerprint density at radius 1 is 1.00 bits per heavy atom. The molecule has 218 valence electrons. The highest BCUT2D eigenvalue weighted by Crippen LogP contribution is 2.28. The summed E-state index contributed by atoms with van der Waals surface area (Å²) in [4.78, 5) is 54.1. The maximum atomic E-state index is 14.1. The first-order valence-corrected chi connectivity index (χ1v) is 13.8. The fraction of sp³-hybridized carbons (Fsp3) is 0.484. The molecule has 0 aliphatic carbocycles. The van der Waals surface area contributed by atoms with Crippen LogP contribution in [0, 0.1) is 13.8 Å². The van der Waals surface area contributed by atoms with E-state index in [2.05, 4.69) is 10.6 Å². The lowest BCUT2D eigenvalue weighted by Crippen LogP contribution is -2.54. The summed E-state index contributed by atoms with van der Waals surface area (Å²) < 4.78 is 5.34. The van der Waals surface area contributed by atoms with Crippen LogP contribution in [0.25, 0.3) is 0 Å². The number of primary amides is 1. The molecular formula is C31H44N4O5. The molecule has 0 heterocycles. The molecule has 40 heavy (non-hydrogen) atoms. The van der Waals surface area contributed by atoms with Gasteiger partial charge in [0.1, 0.15) is 17.7 Å². The quantitative estimate of drug-likeness (QED) is 0.316. The Balaban J connectivity index is 2.53. The molecule has 2 atom stereocenters. The topological polar surface area (TPSA) is 131 Å². The molecule has 0 aliphatic heterocycles. The van der Waals surface area contributed by atoms with Gasteiger partial charge in [-0.2, -0.15) is 0 Å². The number of nitrogens with zero attached hydrogens (tertiary/aromatic N) is 1. The van der Waals surface area contributed by atoms with E-state index in [4.69, 9.17) is 10.5 Å². The van der Waals surface area contributed by atoms with Gasteiger partial charge in [-0.15, -0.1) is 0 Å². The van der Waals surface area contributed by atoms with Crippen molar-refractivity contribution in [3.8, 4) is 0 Å². The van der Waals surface area contributed by atoms with Crippen molar-refractivity contribution < 1.29 is 23.9 Å². The number of ether oxygens (including phenoxy) is 1. The molecule has 0 radical (unpaired) electrons. The number of rotatable bonds is 13. The van der Waals surface area contributed by atoms with Crippen molar-refractivity contribution in [2.75, 3.05) is 6.54 Å². The van der Waals surface area contributed by atoms with Gasteiger partial charge in [0.2, 0.25) is 17.7 Å². The first-order valence-electron chi connectivity index (χ1n) is 13.8. The Kier molecular flexibility index (Phi) is 12.2. The standard InChI is InChI=1S/C31H44N4O5/c1-7-8-12-17-35(29(38)25(19-26(32)36)34-30(39)40-31(4,5)6)27(24-18-21(2)15-16-22(24)3)28(37)33-20-23-13-10-9-11-14-23/h9-11,13-16,18,25,27H,7-8,12,17,19-20H2,1-6H3,(H2,32,36)(H,33,37)(H,34,39). The summed E-state index contributed by atoms with van der Waals surface area (Å²) in [6.07, 6.45) is 1.07. The largest absolute Gasteiger partial charge is 0.444 e. The first-order chi connectivity index (χ1) is 18.8. The molecule has 0 saturated carbocycles. The van der Waals surface area contributed by atoms with E-state index in [-0.39, 0.29) is 19.0 Å². The normalized spacial score (nSPS) is 12.7. The second kappa shape index (κ2) is 15.1. The summed E-state index contributed by atoms with van der Waals surface area (Å²) in [6, 6.07) is 12.9. The lowest BCUT2D eigenvalue weighted by Gasteiger charge is -2.35. The van der Waals surface area contributed by atoms with Crippen LogP contribution in [0.4, 0.5) is 4.79 Å². The number of alkyl carbamates (subject to hydrolysis) is 1. The van der Waals surface area contributed by atoms with Crippen molar-refractivity contribution in [1.82, 2.24) is 15.5 Å². The summed E-state index contributed by atoms with van der Waals surface area (Å²) in [7, 11) is 0. The second-order valence-electron chi connectivity index (χ2n) is 11.1. The van der Waals surface area contributed by atoms with Crippen LogP contribution < -0.4 is 16.4 Å². The molecule has 0 saturated heterocycles. The second-order valence-corrected chi connectivity index (χ2v) is 11.1. The van der Waals surface area contributed by atoms with E-state index < -0.39 is 42.0 Å². The number of hydrogen-bond donors (Lipinski definition) is 3. The summed E-state index contributed by atoms with van der Waals surface area (Å²) in [5.74, 6) is -1.71. The average molecular weight is 553 g/mol. The van der Waals surface area contributed by atoms with Crippen LogP contribution >= 0.6 is 0 Å². The van der Waals surface area contributed by atoms with Crippen LogP contribution in [0.5, 0.6) is 0 Å². The lowest BCUT2D eigenvalue weighted by atomic mass is 9.95. The SMILES string of the molecule is CCCCCN(C(=O)C(CC(N)=O)NC(=O)OC(C)(C)C)C(C(=O)NCc1ccccc1)c1cc(C)ccc1C. The van der Waals surface area contributed by atoms with Gasteiger partial charge >= 0.3 is 6.09 Å². The zero-order valence-electron chi connectivity index (χ0n) is 24.6. The van der Waals surface area contributed by atoms with Crippen molar-refractivity contribution in [3.05, 3.63) is 70.8 Å². The third-order valence-electron chi connectivity index (χ3n) is 6.28. The molecule has 2 unspecified atom stereocenters. The van der Waals surface area contributed by atoms with Crippen LogP contribution in [0.2, 0.25) is 0 Å². The van der Waals surface area contributed by atoms with E-state index in [1.54, 1.807) is 20.8 Å². The zero-order valence-corrected chi connectivity index (χ0v) is 24.6. The maximum Gasteiger partial charge on any atom is 0.408 e. The molecule has 0 aliphatic rings. The highest BCUT2D eigenvalue weighted by molar-refractivity contribution is 5.94. The highest BCUT2D eigenvalue weighted by atomic mass is 16.6. The van der Waals surface area contributed by atoms with Crippen molar-refractivity contribution in [3.63, 3.8) is 0 Å². The first kappa shape index (κ1) is 32.3. The van der Waals surface area contributed by atoms with Crippen molar-refractivity contribution in [2.45, 2.75) is 91.5 Å². The average Bonchev–Trinajstić information content (AvgIpc) is 2.87. The molecule has 2 aromatic carbocycles. The third-order valence-corrected chi connectivity index (χ3v) is 6.28. The lowest BCUT2D eigenvalue weighted by molar-refractivity contribution is -0.143. The molecule has 9 nitrogen and oxygen atoms in total. The third kappa shape index (κ3) is 10.4. The van der Waals surface area contributed by atoms with Crippen LogP contribution in [0.1, 0.15) is 81.7 Å². The highest BCUT2D eigenvalue weighted by Gasteiger charge is 2.37. The van der Waals surface area contributed by atoms with Gasteiger partial charge in [0.25, 0.3) is 0 Å². The van der Waals surface area contributed by atoms with E-state index in [0.717, 1.165) is 29.5 Å². The Hall–Kier alpha value is -3.88. The maximum absolute atomic E-state index is 14.1. The number of aryl methyl sites for hydroxylation is 2. The van der Waals surface area contributed by atoms with Gasteiger partial charge in [0.05, 0.1) is 6.42 Å². The number of carbonyl (C=O) groups is 4. The Bertz CT molecular complexity index is 1160. The molecule has 4 N–H and O–H groups in total. The van der Waals surface area contributed by atoms with E-state index in [1.165, 1.54) is 4.90 Å². The molecule has 0 aromatic heterocycles. The van der Waals surface area contributed by atoms with E-state index in [1.807, 2.05) is 69.3 Å². The molecular weight excluding hydrogens is 508 g/mol. The van der Waals surface area contributed by atoms with Gasteiger partial charge in [0.15, 0.2) is 0 Å². The minimum Gasteiger partial charge on any atom is -0.444 e. The molecule has 2 rings (SSSR count). The number of nitrogens with one attached hydrogen (secondary N) is 2. The van der Waals surface area contributed by atoms with E-state index in [9.17, 15) is 19.2 Å². The molecule has 2 aromatic rings. The van der Waals surface area contributed by atoms with Crippen molar-refractivity contribution in [2.24, 2.45) is 5.73 Å². The Labute approximate surface area is 237 Å². The molecule has 0 spiro atoms. The van der Waals surface area contributed by atoms with Crippen LogP contribution in [-0.4, -0.2) is 46.9 Å². The smallest absolute Gasteiger partial charge is 0.408 e. The summed E-state index contributed by atoms with van der Waals surface area (Å²) in [6.45, 7) is 11.5. The van der Waals surface area contributed by atoms with Gasteiger partial charge in [-0.25, -0.2) is 4.79 Å². The predicted octanol–water partition coefficient (Wildman–Crippen LogP) is 4.45. The number of nitrogens with two attached hydrogens (primary N) is 1. The summed E-state index contributed by atoms with van der Waals surface area (Å²) >= 11 is 0. The van der Waals surface area contributed by atoms with Crippen molar-refractivity contribution in [1.29, 1.82) is 0 Å². The molecule has 4 amide bonds. The predicted molar refractivity (Wildman–Crippen MR) is 155 cm³/mol. The minimum absolute atomic E-state index is 0.245. The number of carbonyl (C=O) groups excluding carboxylic acids is 4. The number of benzene rings is 2. The Morgan fingerprint density at radius 2 is 1.68 bits per heavy atom. The summed E-state index contributed by atoms with van der Waals surface area (Å²) in [5, 5.41) is 5.50. The Morgan fingerprint density at radius 3 is 2.27 bits per heavy atom. The molecule has 0 fully saturated rings. The fourth-order valence-corrected chi connectivity index (χ4v) is 4.34. The van der Waals surface area contributed by atoms with Gasteiger partial charge in [-0.05, 0) is 57.7 Å². The molecule has 0 bridgehead atoms. The monoisotopic (exact) mass is 552 g/mol. The van der Waals surface area contributed by atoms with Gasteiger partial charge in [0, 0.05) is 13.1 Å². The van der Waals surface area contributed by atoms with Crippen LogP contribution in [0.15, 0.2) is 48.5 Å².